The summed E-state index contributed by atoms with van der Waals surface area (Å²) in [6.45, 7) is 5.67. The van der Waals surface area contributed by atoms with Gasteiger partial charge in [0.05, 0.1) is 6.42 Å². The van der Waals surface area contributed by atoms with Crippen molar-refractivity contribution >= 4 is 23.6 Å². The number of ether oxygens (including phenoxy) is 1. The van der Waals surface area contributed by atoms with E-state index in [0.717, 1.165) is 5.56 Å². The summed E-state index contributed by atoms with van der Waals surface area (Å²) in [5.74, 6) is -0.979. The van der Waals surface area contributed by atoms with E-state index >= 15 is 0 Å². The fourth-order valence-corrected chi connectivity index (χ4v) is 2.65. The Morgan fingerprint density at radius 3 is 2.42 bits per heavy atom. The Morgan fingerprint density at radius 2 is 1.71 bits per heavy atom. The van der Waals surface area contributed by atoms with Gasteiger partial charge in [0, 0.05) is 25.2 Å². The molecule has 0 unspecified atom stereocenters. The summed E-state index contributed by atoms with van der Waals surface area (Å²) in [5.41, 5.74) is 1.09. The fourth-order valence-electron chi connectivity index (χ4n) is 2.65. The normalized spacial score (nSPS) is 10.8. The Kier molecular flexibility index (Phi) is 8.54. The van der Waals surface area contributed by atoms with E-state index < -0.39 is 17.5 Å². The highest BCUT2D eigenvalue weighted by Crippen LogP contribution is 2.12. The van der Waals surface area contributed by atoms with Gasteiger partial charge < -0.3 is 20.7 Å². The highest BCUT2D eigenvalue weighted by molar-refractivity contribution is 5.91. The Bertz CT molecular complexity index is 925. The number of alkyl carbamates (subject to hydrolysis) is 1. The number of carbonyl (C=O) groups excluding carboxylic acids is 3. The molecule has 0 saturated carbocycles. The lowest BCUT2D eigenvalue weighted by atomic mass is 10.1. The number of rotatable bonds is 8. The van der Waals surface area contributed by atoms with Gasteiger partial charge in [-0.15, -0.1) is 0 Å². The lowest BCUT2D eigenvalue weighted by Crippen LogP contribution is -2.34. The summed E-state index contributed by atoms with van der Waals surface area (Å²) in [7, 11) is 0. The zero-order valence-electron chi connectivity index (χ0n) is 18.0. The summed E-state index contributed by atoms with van der Waals surface area (Å²) < 4.78 is 18.7. The minimum Gasteiger partial charge on any atom is -0.444 e. The van der Waals surface area contributed by atoms with Crippen LogP contribution >= 0.6 is 0 Å². The second-order valence-corrected chi connectivity index (χ2v) is 7.97. The molecule has 0 radical (unpaired) electrons. The standard InChI is InChI=1S/C23H28FN3O4/c1-23(2,3)31-22(30)25-12-11-20(28)27-18-9-6-7-16(13-18)15-26-21(29)14-17-8-4-5-10-19(17)24/h4-10,13H,11-12,14-15H2,1-3H3,(H,25,30)(H,26,29)(H,27,28). The van der Waals surface area contributed by atoms with E-state index in [0.29, 0.717) is 11.3 Å². The molecule has 0 bridgehead atoms. The first-order valence-electron chi connectivity index (χ1n) is 9.98. The molecule has 0 fully saturated rings. The highest BCUT2D eigenvalue weighted by atomic mass is 19.1. The number of carbonyl (C=O) groups is 3. The molecule has 0 aliphatic heterocycles. The predicted molar refractivity (Wildman–Crippen MR) is 116 cm³/mol. The van der Waals surface area contributed by atoms with Crippen LogP contribution < -0.4 is 16.0 Å². The van der Waals surface area contributed by atoms with Gasteiger partial charge in [-0.05, 0) is 50.1 Å². The van der Waals surface area contributed by atoms with E-state index in [9.17, 15) is 18.8 Å². The monoisotopic (exact) mass is 429 g/mol. The number of hydrogen-bond donors (Lipinski definition) is 3. The molecule has 3 amide bonds. The quantitative estimate of drug-likeness (QED) is 0.598. The van der Waals surface area contributed by atoms with Crippen LogP contribution in [0.15, 0.2) is 48.5 Å². The number of amides is 3. The minimum atomic E-state index is -0.600. The first-order valence-corrected chi connectivity index (χ1v) is 9.98. The van der Waals surface area contributed by atoms with Gasteiger partial charge >= 0.3 is 6.09 Å². The van der Waals surface area contributed by atoms with Crippen LogP contribution in [0.5, 0.6) is 0 Å². The third-order valence-corrected chi connectivity index (χ3v) is 4.03. The third kappa shape index (κ3) is 9.29. The van der Waals surface area contributed by atoms with E-state index in [1.54, 1.807) is 57.2 Å². The Labute approximate surface area is 181 Å². The number of halogens is 1. The minimum absolute atomic E-state index is 0.0479. The van der Waals surface area contributed by atoms with Crippen molar-refractivity contribution in [1.29, 1.82) is 0 Å². The average molecular weight is 429 g/mol. The van der Waals surface area contributed by atoms with E-state index in [1.165, 1.54) is 6.07 Å². The van der Waals surface area contributed by atoms with Gasteiger partial charge in [0.1, 0.15) is 11.4 Å². The third-order valence-electron chi connectivity index (χ3n) is 4.03. The van der Waals surface area contributed by atoms with E-state index in [-0.39, 0.29) is 37.7 Å². The SMILES string of the molecule is CC(C)(C)OC(=O)NCCC(=O)Nc1cccc(CNC(=O)Cc2ccccc2F)c1. The van der Waals surface area contributed by atoms with Crippen LogP contribution in [0, 0.1) is 5.82 Å². The maximum absolute atomic E-state index is 13.6. The van der Waals surface area contributed by atoms with Gasteiger partial charge in [0.15, 0.2) is 0 Å². The molecule has 3 N–H and O–H groups in total. The van der Waals surface area contributed by atoms with E-state index in [1.807, 2.05) is 6.07 Å². The summed E-state index contributed by atoms with van der Waals surface area (Å²) in [6.07, 6.45) is -0.537. The predicted octanol–water partition coefficient (Wildman–Crippen LogP) is 3.54. The Morgan fingerprint density at radius 1 is 0.968 bits per heavy atom. The molecule has 8 heteroatoms. The number of benzene rings is 2. The van der Waals surface area contributed by atoms with Crippen molar-refractivity contribution in [2.75, 3.05) is 11.9 Å². The van der Waals surface area contributed by atoms with Crippen LogP contribution in [0.25, 0.3) is 0 Å². The molecule has 0 aliphatic rings. The Balaban J connectivity index is 1.77. The zero-order valence-corrected chi connectivity index (χ0v) is 18.0. The van der Waals surface area contributed by atoms with Crippen LogP contribution in [-0.4, -0.2) is 30.1 Å². The number of nitrogens with one attached hydrogen (secondary N) is 3. The van der Waals surface area contributed by atoms with Crippen molar-refractivity contribution in [3.63, 3.8) is 0 Å². The molecule has 0 saturated heterocycles. The molecule has 0 aromatic heterocycles. The van der Waals surface area contributed by atoms with Crippen LogP contribution in [0.4, 0.5) is 14.9 Å². The molecule has 2 aromatic rings. The van der Waals surface area contributed by atoms with Crippen molar-refractivity contribution in [2.24, 2.45) is 0 Å². The maximum Gasteiger partial charge on any atom is 0.407 e. The molecule has 0 spiro atoms. The fraction of sp³-hybridized carbons (Fsp3) is 0.348. The van der Waals surface area contributed by atoms with Crippen molar-refractivity contribution in [3.05, 3.63) is 65.5 Å². The molecule has 0 atom stereocenters. The number of anilines is 1. The molecule has 2 rings (SSSR count). The van der Waals surface area contributed by atoms with E-state index in [4.69, 9.17) is 4.74 Å². The van der Waals surface area contributed by atoms with Gasteiger partial charge in [-0.25, -0.2) is 9.18 Å². The highest BCUT2D eigenvalue weighted by Gasteiger charge is 2.16. The van der Waals surface area contributed by atoms with Crippen molar-refractivity contribution in [3.8, 4) is 0 Å². The molecule has 7 nitrogen and oxygen atoms in total. The first-order chi connectivity index (χ1) is 14.6. The van der Waals surface area contributed by atoms with Crippen molar-refractivity contribution < 1.29 is 23.5 Å². The van der Waals surface area contributed by atoms with Crippen molar-refractivity contribution in [2.45, 2.75) is 45.8 Å². The van der Waals surface area contributed by atoms with Gasteiger partial charge in [-0.2, -0.15) is 0 Å². The number of hydrogen-bond acceptors (Lipinski definition) is 4. The van der Waals surface area contributed by atoms with Gasteiger partial charge in [0.25, 0.3) is 0 Å². The second-order valence-electron chi connectivity index (χ2n) is 7.97. The zero-order chi connectivity index (χ0) is 22.9. The van der Waals surface area contributed by atoms with Crippen LogP contribution in [0.3, 0.4) is 0 Å². The first kappa shape index (κ1) is 23.9. The summed E-state index contributed by atoms with van der Waals surface area (Å²) in [6, 6.07) is 13.2. The van der Waals surface area contributed by atoms with Crippen LogP contribution in [0.1, 0.15) is 38.3 Å². The van der Waals surface area contributed by atoms with Crippen LogP contribution in [-0.2, 0) is 27.3 Å². The largest absolute Gasteiger partial charge is 0.444 e. The lowest BCUT2D eigenvalue weighted by molar-refractivity contribution is -0.120. The summed E-state index contributed by atoms with van der Waals surface area (Å²) in [5, 5.41) is 8.01. The Hall–Kier alpha value is -3.42. The molecular formula is C23H28FN3O4. The molecular weight excluding hydrogens is 401 g/mol. The smallest absolute Gasteiger partial charge is 0.407 e. The molecule has 0 heterocycles. The molecule has 2 aromatic carbocycles. The van der Waals surface area contributed by atoms with Gasteiger partial charge in [-0.3, -0.25) is 9.59 Å². The molecule has 0 aliphatic carbocycles. The molecule has 166 valence electrons. The lowest BCUT2D eigenvalue weighted by Gasteiger charge is -2.19. The van der Waals surface area contributed by atoms with Crippen LogP contribution in [0.2, 0.25) is 0 Å². The summed E-state index contributed by atoms with van der Waals surface area (Å²) >= 11 is 0. The summed E-state index contributed by atoms with van der Waals surface area (Å²) in [4.78, 5) is 35.7. The molecule has 31 heavy (non-hydrogen) atoms. The van der Waals surface area contributed by atoms with E-state index in [2.05, 4.69) is 16.0 Å². The van der Waals surface area contributed by atoms with Crippen molar-refractivity contribution in [1.82, 2.24) is 10.6 Å². The maximum atomic E-state index is 13.6. The van der Waals surface area contributed by atoms with Gasteiger partial charge in [0.2, 0.25) is 11.8 Å². The van der Waals surface area contributed by atoms with Gasteiger partial charge in [-0.1, -0.05) is 30.3 Å². The average Bonchev–Trinajstić information content (AvgIpc) is 2.67. The topological polar surface area (TPSA) is 96.5 Å². The second kappa shape index (κ2) is 11.1.